The van der Waals surface area contributed by atoms with Gasteiger partial charge in [-0.2, -0.15) is 10.2 Å². The molecule has 0 radical (unpaired) electrons. The lowest BCUT2D eigenvalue weighted by molar-refractivity contribution is -0.125. The SMILES string of the molecule is O=C(N/N=C\c1cn(-c2ccccc2)nc1-c1ccco1)C1CCCCC1. The molecule has 2 heterocycles. The van der Waals surface area contributed by atoms with Crippen molar-refractivity contribution < 1.29 is 9.21 Å². The first-order valence-corrected chi connectivity index (χ1v) is 9.33. The number of carbonyl (C=O) groups is 1. The summed E-state index contributed by atoms with van der Waals surface area (Å²) < 4.78 is 7.29. The van der Waals surface area contributed by atoms with Crippen molar-refractivity contribution in [1.29, 1.82) is 0 Å². The Kier molecular flexibility index (Phi) is 5.14. The first-order valence-electron chi connectivity index (χ1n) is 9.33. The summed E-state index contributed by atoms with van der Waals surface area (Å²) >= 11 is 0. The van der Waals surface area contributed by atoms with Crippen molar-refractivity contribution in [3.05, 3.63) is 60.5 Å². The van der Waals surface area contributed by atoms with Gasteiger partial charge < -0.3 is 4.42 Å². The van der Waals surface area contributed by atoms with Crippen LogP contribution in [0.5, 0.6) is 0 Å². The highest BCUT2D eigenvalue weighted by molar-refractivity contribution is 5.89. The van der Waals surface area contributed by atoms with Gasteiger partial charge in [-0.15, -0.1) is 0 Å². The van der Waals surface area contributed by atoms with E-state index >= 15 is 0 Å². The smallest absolute Gasteiger partial charge is 0.243 e. The Labute approximate surface area is 157 Å². The zero-order valence-electron chi connectivity index (χ0n) is 15.0. The van der Waals surface area contributed by atoms with Crippen molar-refractivity contribution in [3.63, 3.8) is 0 Å². The van der Waals surface area contributed by atoms with Gasteiger partial charge in [-0.05, 0) is 37.1 Å². The van der Waals surface area contributed by atoms with Gasteiger partial charge in [0.05, 0.1) is 18.2 Å². The number of benzene rings is 1. The van der Waals surface area contributed by atoms with E-state index in [1.807, 2.05) is 48.7 Å². The number of rotatable bonds is 5. The number of nitrogens with one attached hydrogen (secondary N) is 1. The monoisotopic (exact) mass is 362 g/mol. The molecule has 0 saturated heterocycles. The Balaban J connectivity index is 1.55. The quantitative estimate of drug-likeness (QED) is 0.547. The number of para-hydroxylation sites is 1. The number of hydrogen-bond donors (Lipinski definition) is 1. The number of aromatic nitrogens is 2. The fourth-order valence-electron chi connectivity index (χ4n) is 3.42. The van der Waals surface area contributed by atoms with Gasteiger partial charge in [-0.25, -0.2) is 10.1 Å². The van der Waals surface area contributed by atoms with Crippen LogP contribution in [-0.4, -0.2) is 21.9 Å². The van der Waals surface area contributed by atoms with Gasteiger partial charge in [0.1, 0.15) is 5.69 Å². The second kappa shape index (κ2) is 8.03. The van der Waals surface area contributed by atoms with Gasteiger partial charge in [0.15, 0.2) is 5.76 Å². The minimum atomic E-state index is 0.000879. The average Bonchev–Trinajstić information content (AvgIpc) is 3.39. The Hall–Kier alpha value is -3.15. The van der Waals surface area contributed by atoms with Crippen LogP contribution in [0, 0.1) is 5.92 Å². The van der Waals surface area contributed by atoms with Crippen molar-refractivity contribution in [2.75, 3.05) is 0 Å². The van der Waals surface area contributed by atoms with E-state index in [0.29, 0.717) is 11.5 Å². The third-order valence-corrected chi connectivity index (χ3v) is 4.87. The highest BCUT2D eigenvalue weighted by Crippen LogP contribution is 2.24. The molecule has 0 unspecified atom stereocenters. The highest BCUT2D eigenvalue weighted by atomic mass is 16.3. The molecule has 27 heavy (non-hydrogen) atoms. The molecule has 1 N–H and O–H groups in total. The van der Waals surface area contributed by atoms with Crippen LogP contribution in [0.2, 0.25) is 0 Å². The zero-order valence-corrected chi connectivity index (χ0v) is 15.0. The Morgan fingerprint density at radius 1 is 1.15 bits per heavy atom. The van der Waals surface area contributed by atoms with E-state index in [1.54, 1.807) is 17.2 Å². The predicted molar refractivity (Wildman–Crippen MR) is 104 cm³/mol. The molecule has 2 aromatic heterocycles. The highest BCUT2D eigenvalue weighted by Gasteiger charge is 2.20. The first kappa shape index (κ1) is 17.3. The summed E-state index contributed by atoms with van der Waals surface area (Å²) in [6.07, 6.45) is 10.5. The van der Waals surface area contributed by atoms with Gasteiger partial charge >= 0.3 is 0 Å². The van der Waals surface area contributed by atoms with Gasteiger partial charge in [0.25, 0.3) is 0 Å². The van der Waals surface area contributed by atoms with Crippen molar-refractivity contribution in [3.8, 4) is 17.1 Å². The maximum absolute atomic E-state index is 12.3. The molecule has 6 heteroatoms. The molecule has 0 atom stereocenters. The fourth-order valence-corrected chi connectivity index (χ4v) is 3.42. The molecule has 6 nitrogen and oxygen atoms in total. The lowest BCUT2D eigenvalue weighted by atomic mass is 9.89. The maximum atomic E-state index is 12.3. The molecule has 0 bridgehead atoms. The van der Waals surface area contributed by atoms with Crippen LogP contribution >= 0.6 is 0 Å². The minimum absolute atomic E-state index is 0.000879. The van der Waals surface area contributed by atoms with Crippen molar-refractivity contribution >= 4 is 12.1 Å². The molecular formula is C21H22N4O2. The van der Waals surface area contributed by atoms with Gasteiger partial charge in [-0.1, -0.05) is 37.5 Å². The average molecular weight is 362 g/mol. The van der Waals surface area contributed by atoms with Crippen LogP contribution in [0.4, 0.5) is 0 Å². The normalized spacial score (nSPS) is 15.3. The summed E-state index contributed by atoms with van der Waals surface area (Å²) in [6.45, 7) is 0. The molecule has 0 spiro atoms. The molecule has 1 aliphatic rings. The van der Waals surface area contributed by atoms with Crippen LogP contribution < -0.4 is 5.43 Å². The number of carbonyl (C=O) groups excluding carboxylic acids is 1. The van der Waals surface area contributed by atoms with Crippen molar-refractivity contribution in [2.24, 2.45) is 11.0 Å². The summed E-state index contributed by atoms with van der Waals surface area (Å²) in [6, 6.07) is 13.5. The molecule has 1 saturated carbocycles. The summed E-state index contributed by atoms with van der Waals surface area (Å²) in [7, 11) is 0. The van der Waals surface area contributed by atoms with E-state index in [0.717, 1.165) is 36.9 Å². The lowest BCUT2D eigenvalue weighted by Crippen LogP contribution is -2.28. The topological polar surface area (TPSA) is 72.4 Å². The van der Waals surface area contributed by atoms with Crippen molar-refractivity contribution in [1.82, 2.24) is 15.2 Å². The Bertz CT molecular complexity index is 907. The lowest BCUT2D eigenvalue weighted by Gasteiger charge is -2.19. The predicted octanol–water partition coefficient (Wildman–Crippen LogP) is 4.16. The summed E-state index contributed by atoms with van der Waals surface area (Å²) in [5, 5.41) is 8.80. The van der Waals surface area contributed by atoms with E-state index in [-0.39, 0.29) is 11.8 Å². The van der Waals surface area contributed by atoms with E-state index in [4.69, 9.17) is 4.42 Å². The van der Waals surface area contributed by atoms with Crippen LogP contribution in [0.25, 0.3) is 17.1 Å². The molecule has 0 aliphatic heterocycles. The summed E-state index contributed by atoms with van der Waals surface area (Å²) in [5.41, 5.74) is 5.08. The number of nitrogens with zero attached hydrogens (tertiary/aromatic N) is 3. The fraction of sp³-hybridized carbons (Fsp3) is 0.286. The van der Waals surface area contributed by atoms with E-state index in [1.165, 1.54) is 6.42 Å². The number of hydrogen-bond acceptors (Lipinski definition) is 4. The first-order chi connectivity index (χ1) is 13.3. The number of amides is 1. The largest absolute Gasteiger partial charge is 0.463 e. The third-order valence-electron chi connectivity index (χ3n) is 4.87. The summed E-state index contributed by atoms with van der Waals surface area (Å²) in [4.78, 5) is 12.3. The molecule has 1 aromatic carbocycles. The second-order valence-electron chi connectivity index (χ2n) is 6.76. The molecule has 1 aliphatic carbocycles. The van der Waals surface area contributed by atoms with Crippen LogP contribution in [0.3, 0.4) is 0 Å². The van der Waals surface area contributed by atoms with E-state index in [9.17, 15) is 4.79 Å². The minimum Gasteiger partial charge on any atom is -0.463 e. The Morgan fingerprint density at radius 3 is 2.70 bits per heavy atom. The molecule has 1 amide bonds. The molecular weight excluding hydrogens is 340 g/mol. The number of hydrazone groups is 1. The Morgan fingerprint density at radius 2 is 1.96 bits per heavy atom. The standard InChI is InChI=1S/C21H22N4O2/c26-21(16-8-3-1-4-9-16)23-22-14-17-15-25(18-10-5-2-6-11-18)24-20(17)19-12-7-13-27-19/h2,5-7,10-16H,1,3-4,8-9H2,(H,23,26)/b22-14-. The van der Waals surface area contributed by atoms with Crippen LogP contribution in [0.1, 0.15) is 37.7 Å². The van der Waals surface area contributed by atoms with E-state index < -0.39 is 0 Å². The second-order valence-corrected chi connectivity index (χ2v) is 6.76. The van der Waals surface area contributed by atoms with Gasteiger partial charge in [0.2, 0.25) is 5.91 Å². The van der Waals surface area contributed by atoms with Crippen LogP contribution in [0.15, 0.2) is 64.4 Å². The number of furan rings is 1. The molecule has 138 valence electrons. The zero-order chi connectivity index (χ0) is 18.5. The van der Waals surface area contributed by atoms with Gasteiger partial charge in [0, 0.05) is 17.7 Å². The molecule has 4 rings (SSSR count). The van der Waals surface area contributed by atoms with Crippen molar-refractivity contribution in [2.45, 2.75) is 32.1 Å². The van der Waals surface area contributed by atoms with Crippen LogP contribution in [-0.2, 0) is 4.79 Å². The van der Waals surface area contributed by atoms with Gasteiger partial charge in [-0.3, -0.25) is 4.79 Å². The summed E-state index contributed by atoms with van der Waals surface area (Å²) in [5.74, 6) is 0.734. The molecule has 3 aromatic rings. The maximum Gasteiger partial charge on any atom is 0.243 e. The van der Waals surface area contributed by atoms with E-state index in [2.05, 4.69) is 15.6 Å². The third kappa shape index (κ3) is 4.00. The molecule has 1 fully saturated rings.